The molecule has 1 aromatic rings. The van der Waals surface area contributed by atoms with Crippen molar-refractivity contribution in [3.63, 3.8) is 0 Å². The van der Waals surface area contributed by atoms with Crippen LogP contribution in [-0.4, -0.2) is 9.25 Å². The van der Waals surface area contributed by atoms with Crippen LogP contribution in [0.4, 0.5) is 0 Å². The highest BCUT2D eigenvalue weighted by Gasteiger charge is 2.21. The van der Waals surface area contributed by atoms with Crippen molar-refractivity contribution in [1.29, 1.82) is 0 Å². The van der Waals surface area contributed by atoms with Crippen molar-refractivity contribution in [3.8, 4) is 0 Å². The van der Waals surface area contributed by atoms with Crippen LogP contribution in [0.2, 0.25) is 0 Å². The fourth-order valence-corrected chi connectivity index (χ4v) is 3.14. The molecule has 4 heteroatoms. The van der Waals surface area contributed by atoms with Crippen LogP contribution >= 0.6 is 24.1 Å². The fourth-order valence-electron chi connectivity index (χ4n) is 1.24. The summed E-state index contributed by atoms with van der Waals surface area (Å²) in [6.07, 6.45) is 0. The smallest absolute Gasteiger partial charge is 0.0480 e. The fraction of sp³-hybridized carbons (Fsp3) is 0.455. The van der Waals surface area contributed by atoms with Gasteiger partial charge >= 0.3 is 0 Å². The van der Waals surface area contributed by atoms with Crippen molar-refractivity contribution < 1.29 is 0 Å². The summed E-state index contributed by atoms with van der Waals surface area (Å²) in [4.78, 5) is 1.38. The number of hydrogen-bond acceptors (Lipinski definition) is 4. The summed E-state index contributed by atoms with van der Waals surface area (Å²) in [6.45, 7) is 7.53. The van der Waals surface area contributed by atoms with Crippen LogP contribution in [0.15, 0.2) is 29.2 Å². The molecule has 82 valence electrons. The van der Waals surface area contributed by atoms with Crippen LogP contribution in [0.3, 0.4) is 0 Å². The van der Waals surface area contributed by atoms with Gasteiger partial charge in [0.2, 0.25) is 0 Å². The predicted molar refractivity (Wildman–Crippen MR) is 68.3 cm³/mol. The Balaban J connectivity index is 1.91. The van der Waals surface area contributed by atoms with E-state index in [0.717, 1.165) is 6.54 Å². The quantitative estimate of drug-likeness (QED) is 0.796. The molecule has 1 aliphatic heterocycles. The zero-order valence-electron chi connectivity index (χ0n) is 9.28. The average molecular weight is 240 g/mol. The summed E-state index contributed by atoms with van der Waals surface area (Å²) in [6, 6.07) is 8.57. The zero-order valence-corrected chi connectivity index (χ0v) is 10.9. The minimum absolute atomic E-state index is 0.153. The molecule has 1 aromatic carbocycles. The lowest BCUT2D eigenvalue weighted by atomic mass is 10.1. The highest BCUT2D eigenvalue weighted by Crippen LogP contribution is 2.39. The third-order valence-corrected chi connectivity index (χ3v) is 4.34. The maximum atomic E-state index is 3.42. The summed E-state index contributed by atoms with van der Waals surface area (Å²) in [5, 5.41) is 0. The number of benzene rings is 1. The second-order valence-corrected chi connectivity index (χ2v) is 6.75. The highest BCUT2D eigenvalue weighted by molar-refractivity contribution is 8.11. The summed E-state index contributed by atoms with van der Waals surface area (Å²) >= 11 is 3.50. The van der Waals surface area contributed by atoms with Gasteiger partial charge in [0.15, 0.2) is 0 Å². The Morgan fingerprint density at radius 1 is 1.33 bits per heavy atom. The van der Waals surface area contributed by atoms with E-state index in [1.54, 1.807) is 12.1 Å². The van der Waals surface area contributed by atoms with Gasteiger partial charge in [-0.05, 0) is 44.3 Å². The van der Waals surface area contributed by atoms with Crippen LogP contribution < -0.4 is 4.72 Å². The molecule has 0 spiro atoms. The highest BCUT2D eigenvalue weighted by atomic mass is 32.2. The molecule has 0 saturated heterocycles. The Hall–Kier alpha value is -0.160. The molecule has 0 aliphatic carbocycles. The molecule has 15 heavy (non-hydrogen) atoms. The Bertz CT molecular complexity index is 322. The van der Waals surface area contributed by atoms with Gasteiger partial charge in [0, 0.05) is 29.1 Å². The van der Waals surface area contributed by atoms with Crippen molar-refractivity contribution in [3.05, 3.63) is 29.8 Å². The lowest BCUT2D eigenvalue weighted by Crippen LogP contribution is -2.32. The van der Waals surface area contributed by atoms with Crippen LogP contribution in [0.5, 0.6) is 0 Å². The Labute approximate surface area is 100 Å². The monoisotopic (exact) mass is 240 g/mol. The average Bonchev–Trinajstić information content (AvgIpc) is 2.56. The number of fused-ring (bicyclic) bond motifs is 1. The number of nitrogens with zero attached hydrogens (tertiary/aromatic N) is 1. The second kappa shape index (κ2) is 4.37. The molecule has 0 unspecified atom stereocenters. The minimum Gasteiger partial charge on any atom is -0.245 e. The van der Waals surface area contributed by atoms with Crippen molar-refractivity contribution in [2.75, 3.05) is 0 Å². The third kappa shape index (κ3) is 3.14. The van der Waals surface area contributed by atoms with Gasteiger partial charge in [-0.1, -0.05) is 18.2 Å². The number of nitrogens with one attached hydrogen (secondary N) is 1. The van der Waals surface area contributed by atoms with Gasteiger partial charge < -0.3 is 0 Å². The number of rotatable bonds is 2. The van der Waals surface area contributed by atoms with E-state index in [1.165, 1.54) is 10.5 Å². The Morgan fingerprint density at radius 3 is 2.73 bits per heavy atom. The maximum absolute atomic E-state index is 3.42. The predicted octanol–water partition coefficient (Wildman–Crippen LogP) is 3.46. The van der Waals surface area contributed by atoms with E-state index in [2.05, 4.69) is 53.5 Å². The Morgan fingerprint density at radius 2 is 2.07 bits per heavy atom. The molecular weight excluding hydrogens is 224 g/mol. The molecule has 0 bridgehead atoms. The largest absolute Gasteiger partial charge is 0.245 e. The molecule has 0 radical (unpaired) electrons. The summed E-state index contributed by atoms with van der Waals surface area (Å²) in [5.74, 6) is 0. The van der Waals surface area contributed by atoms with Crippen LogP contribution in [0.1, 0.15) is 26.3 Å². The van der Waals surface area contributed by atoms with Gasteiger partial charge in [-0.15, -0.1) is 0 Å². The van der Waals surface area contributed by atoms with Gasteiger partial charge in [0.25, 0.3) is 0 Å². The van der Waals surface area contributed by atoms with E-state index in [0.29, 0.717) is 0 Å². The van der Waals surface area contributed by atoms with Crippen molar-refractivity contribution in [2.24, 2.45) is 0 Å². The maximum Gasteiger partial charge on any atom is 0.0480 e. The van der Waals surface area contributed by atoms with Crippen molar-refractivity contribution >= 4 is 24.1 Å². The van der Waals surface area contributed by atoms with Crippen LogP contribution in [0.25, 0.3) is 0 Å². The van der Waals surface area contributed by atoms with Crippen molar-refractivity contribution in [1.82, 2.24) is 8.43 Å². The molecule has 0 saturated carbocycles. The first-order valence-corrected chi connectivity index (χ1v) is 6.57. The van der Waals surface area contributed by atoms with E-state index in [-0.39, 0.29) is 5.54 Å². The molecule has 0 atom stereocenters. The normalized spacial score (nSPS) is 16.7. The molecule has 0 amide bonds. The van der Waals surface area contributed by atoms with Gasteiger partial charge in [0.1, 0.15) is 0 Å². The first kappa shape index (κ1) is 11.3. The Kier molecular flexibility index (Phi) is 3.30. The van der Waals surface area contributed by atoms with Gasteiger partial charge in [-0.25, -0.2) is 4.72 Å². The first-order valence-electron chi connectivity index (χ1n) is 5.02. The van der Waals surface area contributed by atoms with E-state index < -0.39 is 0 Å². The molecule has 1 heterocycles. The molecule has 0 fully saturated rings. The van der Waals surface area contributed by atoms with Crippen molar-refractivity contribution in [2.45, 2.75) is 37.8 Å². The zero-order chi connectivity index (χ0) is 10.9. The second-order valence-electron chi connectivity index (χ2n) is 4.63. The summed E-state index contributed by atoms with van der Waals surface area (Å²) < 4.78 is 5.69. The molecule has 2 rings (SSSR count). The third-order valence-electron chi connectivity index (χ3n) is 1.93. The van der Waals surface area contributed by atoms with Gasteiger partial charge in [0.05, 0.1) is 0 Å². The standard InChI is InChI=1S/C11H16N2S2/c1-11(2,3)12-15-13-8-9-6-4-5-7-10(9)14-13/h4-7,12H,8H2,1-3H3. The minimum atomic E-state index is 0.153. The molecular formula is C11H16N2S2. The lowest BCUT2D eigenvalue weighted by molar-refractivity contribution is 0.528. The van der Waals surface area contributed by atoms with Gasteiger partial charge in [-0.3, -0.25) is 0 Å². The summed E-state index contributed by atoms with van der Waals surface area (Å²) in [5.41, 5.74) is 1.57. The van der Waals surface area contributed by atoms with Gasteiger partial charge in [-0.2, -0.15) is 3.71 Å². The van der Waals surface area contributed by atoms with Crippen LogP contribution in [-0.2, 0) is 6.54 Å². The van der Waals surface area contributed by atoms with E-state index in [4.69, 9.17) is 0 Å². The van der Waals surface area contributed by atoms with E-state index in [9.17, 15) is 0 Å². The van der Waals surface area contributed by atoms with E-state index in [1.807, 2.05) is 11.9 Å². The SMILES string of the molecule is CC(C)(C)NSN1Cc2ccccc2S1. The molecule has 2 nitrogen and oxygen atoms in total. The lowest BCUT2D eigenvalue weighted by Gasteiger charge is -2.22. The summed E-state index contributed by atoms with van der Waals surface area (Å²) in [7, 11) is 0. The van der Waals surface area contributed by atoms with E-state index >= 15 is 0 Å². The number of hydrogen-bond donors (Lipinski definition) is 1. The topological polar surface area (TPSA) is 15.3 Å². The molecule has 0 aromatic heterocycles. The molecule has 1 N–H and O–H groups in total. The molecule has 1 aliphatic rings. The first-order chi connectivity index (χ1) is 7.04. The van der Waals surface area contributed by atoms with Crippen LogP contribution in [0, 0.1) is 0 Å².